The van der Waals surface area contributed by atoms with Crippen LogP contribution in [-0.4, -0.2) is 18.2 Å². The molecule has 5 N–H and O–H groups in total. The Labute approximate surface area is 200 Å². The zero-order valence-electron chi connectivity index (χ0n) is 18.4. The van der Waals surface area contributed by atoms with Gasteiger partial charge in [-0.05, 0) is 35.0 Å². The molecule has 0 saturated heterocycles. The van der Waals surface area contributed by atoms with Gasteiger partial charge in [-0.15, -0.1) is 9.24 Å². The van der Waals surface area contributed by atoms with Crippen molar-refractivity contribution in [1.29, 1.82) is 0 Å². The second-order valence-corrected chi connectivity index (χ2v) is 8.83. The summed E-state index contributed by atoms with van der Waals surface area (Å²) in [7, 11) is 3.11. The standard InChI is InChI=1S/C13H11OP.C12H11OP.C2H8N2/c1-2-6-10-11-7-4-5-9-13(11)15-14-12(10)8-3-1;13-11-7-3-1-5-9(11)10-6-2-4-8-12(10)14;3-1-2-4/h1-5,7-9,15H,6H2;1-8,13H,14H2;1-4H2. The van der Waals surface area contributed by atoms with Crippen LogP contribution in [-0.2, 0) is 4.52 Å². The molecule has 170 valence electrons. The Kier molecular flexibility index (Phi) is 9.87. The van der Waals surface area contributed by atoms with Crippen molar-refractivity contribution in [1.82, 2.24) is 0 Å². The Morgan fingerprint density at radius 1 is 0.818 bits per heavy atom. The number of allylic oxidation sites excluding steroid dienone is 5. The SMILES string of the molecule is C1=CCC2=C(C=C1)OPc1ccccc12.NCCN.Oc1ccccc1-c1ccccc1P. The predicted octanol–water partition coefficient (Wildman–Crippen LogP) is 4.63. The first kappa shape index (κ1) is 24.9. The Morgan fingerprint density at radius 3 is 2.15 bits per heavy atom. The van der Waals surface area contributed by atoms with Gasteiger partial charge in [-0.2, -0.15) is 0 Å². The minimum Gasteiger partial charge on any atom is -0.507 e. The van der Waals surface area contributed by atoms with Crippen molar-refractivity contribution in [3.8, 4) is 16.9 Å². The van der Waals surface area contributed by atoms with Crippen molar-refractivity contribution in [3.05, 3.63) is 108 Å². The second-order valence-electron chi connectivity index (χ2n) is 7.27. The molecule has 2 aliphatic rings. The number of phenols is 1. The van der Waals surface area contributed by atoms with Crippen LogP contribution in [0.15, 0.2) is 103 Å². The Hall–Kier alpha value is -2.74. The number of benzene rings is 3. The van der Waals surface area contributed by atoms with Crippen molar-refractivity contribution >= 4 is 34.2 Å². The summed E-state index contributed by atoms with van der Waals surface area (Å²) >= 11 is 0. The number of fused-ring (bicyclic) bond motifs is 2. The summed E-state index contributed by atoms with van der Waals surface area (Å²) in [5.41, 5.74) is 14.4. The van der Waals surface area contributed by atoms with E-state index in [0.29, 0.717) is 27.6 Å². The van der Waals surface area contributed by atoms with E-state index in [0.717, 1.165) is 28.6 Å². The minimum atomic E-state index is 0.322. The van der Waals surface area contributed by atoms with E-state index in [1.165, 1.54) is 16.4 Å². The monoisotopic (exact) mass is 476 g/mol. The first-order valence-corrected chi connectivity index (χ1v) is 12.3. The van der Waals surface area contributed by atoms with Crippen LogP contribution < -0.4 is 22.1 Å². The molecular weight excluding hydrogens is 446 g/mol. The second kappa shape index (κ2) is 13.1. The average molecular weight is 476 g/mol. The third-order valence-electron chi connectivity index (χ3n) is 4.96. The molecule has 2 atom stereocenters. The third kappa shape index (κ3) is 6.87. The molecule has 4 nitrogen and oxygen atoms in total. The fourth-order valence-electron chi connectivity index (χ4n) is 3.34. The molecule has 0 spiro atoms. The van der Waals surface area contributed by atoms with E-state index in [1.54, 1.807) is 6.07 Å². The van der Waals surface area contributed by atoms with Crippen LogP contribution in [0.1, 0.15) is 12.0 Å². The largest absolute Gasteiger partial charge is 0.507 e. The lowest BCUT2D eigenvalue weighted by Crippen LogP contribution is -2.11. The molecule has 0 saturated carbocycles. The Bertz CT molecular complexity index is 1110. The fourth-order valence-corrected chi connectivity index (χ4v) is 4.62. The highest BCUT2D eigenvalue weighted by Gasteiger charge is 2.18. The van der Waals surface area contributed by atoms with Gasteiger partial charge in [0, 0.05) is 29.5 Å². The molecule has 2 unspecified atom stereocenters. The zero-order valence-corrected chi connectivity index (χ0v) is 20.6. The molecule has 0 bridgehead atoms. The first-order valence-electron chi connectivity index (χ1n) is 10.8. The van der Waals surface area contributed by atoms with Crippen LogP contribution in [0.3, 0.4) is 0 Å². The van der Waals surface area contributed by atoms with Gasteiger partial charge in [-0.3, -0.25) is 0 Å². The van der Waals surface area contributed by atoms with E-state index in [4.69, 9.17) is 16.0 Å². The number of phenolic OH excluding ortho intramolecular Hbond substituents is 1. The van der Waals surface area contributed by atoms with Crippen LogP contribution in [0.25, 0.3) is 16.7 Å². The van der Waals surface area contributed by atoms with E-state index >= 15 is 0 Å². The number of hydrogen-bond acceptors (Lipinski definition) is 4. The summed E-state index contributed by atoms with van der Waals surface area (Å²) in [5, 5.41) is 12.1. The van der Waals surface area contributed by atoms with E-state index in [1.807, 2.05) is 48.5 Å². The number of aromatic hydroxyl groups is 1. The van der Waals surface area contributed by atoms with Crippen molar-refractivity contribution in [2.45, 2.75) is 6.42 Å². The summed E-state index contributed by atoms with van der Waals surface area (Å²) in [6, 6.07) is 23.8. The van der Waals surface area contributed by atoms with Gasteiger partial charge in [0.15, 0.2) is 0 Å². The number of para-hydroxylation sites is 1. The highest BCUT2D eigenvalue weighted by molar-refractivity contribution is 7.42. The van der Waals surface area contributed by atoms with Gasteiger partial charge in [0.25, 0.3) is 0 Å². The Balaban J connectivity index is 0.000000161. The van der Waals surface area contributed by atoms with Crippen LogP contribution in [0.5, 0.6) is 5.75 Å². The average Bonchev–Trinajstić information content (AvgIpc) is 3.11. The molecular formula is C27H30N2O2P2. The molecule has 1 aliphatic heterocycles. The summed E-state index contributed by atoms with van der Waals surface area (Å²) in [6.07, 6.45) is 9.31. The number of nitrogens with two attached hydrogens (primary N) is 2. The minimum absolute atomic E-state index is 0.322. The summed E-state index contributed by atoms with van der Waals surface area (Å²) in [5.74, 6) is 1.36. The van der Waals surface area contributed by atoms with E-state index in [2.05, 4.69) is 51.7 Å². The molecule has 6 heteroatoms. The molecule has 0 aromatic heterocycles. The van der Waals surface area contributed by atoms with Crippen LogP contribution in [0.2, 0.25) is 0 Å². The van der Waals surface area contributed by atoms with Gasteiger partial charge in [0.05, 0.1) is 0 Å². The lowest BCUT2D eigenvalue weighted by atomic mass is 10.0. The van der Waals surface area contributed by atoms with Gasteiger partial charge in [-0.25, -0.2) is 0 Å². The first-order chi connectivity index (χ1) is 16.2. The Morgan fingerprint density at radius 2 is 1.45 bits per heavy atom. The number of rotatable bonds is 2. The highest BCUT2D eigenvalue weighted by atomic mass is 31.1. The maximum atomic E-state index is 9.68. The van der Waals surface area contributed by atoms with Crippen LogP contribution in [0, 0.1) is 0 Å². The highest BCUT2D eigenvalue weighted by Crippen LogP contribution is 2.36. The topological polar surface area (TPSA) is 81.5 Å². The van der Waals surface area contributed by atoms with Gasteiger partial charge in [-0.1, -0.05) is 85.0 Å². The van der Waals surface area contributed by atoms with Gasteiger partial charge in [0.2, 0.25) is 0 Å². The maximum absolute atomic E-state index is 9.68. The molecule has 1 heterocycles. The molecule has 3 aromatic rings. The van der Waals surface area contributed by atoms with E-state index in [-0.39, 0.29) is 0 Å². The zero-order chi connectivity index (χ0) is 23.5. The van der Waals surface area contributed by atoms with Crippen LogP contribution in [0.4, 0.5) is 0 Å². The number of hydrogen-bond donors (Lipinski definition) is 3. The molecule has 1 aliphatic carbocycles. The lowest BCUT2D eigenvalue weighted by molar-refractivity contribution is 0.477. The van der Waals surface area contributed by atoms with Gasteiger partial charge in [0.1, 0.15) is 20.3 Å². The normalized spacial score (nSPS) is 14.0. The molecule has 0 amide bonds. The van der Waals surface area contributed by atoms with Gasteiger partial charge < -0.3 is 21.1 Å². The lowest BCUT2D eigenvalue weighted by Gasteiger charge is -2.20. The molecule has 0 fully saturated rings. The third-order valence-corrected chi connectivity index (χ3v) is 6.44. The summed E-state index contributed by atoms with van der Waals surface area (Å²) < 4.78 is 5.77. The van der Waals surface area contributed by atoms with Gasteiger partial charge >= 0.3 is 0 Å². The van der Waals surface area contributed by atoms with Crippen molar-refractivity contribution in [2.24, 2.45) is 11.5 Å². The molecule has 5 rings (SSSR count). The summed E-state index contributed by atoms with van der Waals surface area (Å²) in [6.45, 7) is 1.19. The predicted molar refractivity (Wildman–Crippen MR) is 146 cm³/mol. The van der Waals surface area contributed by atoms with Crippen molar-refractivity contribution in [3.63, 3.8) is 0 Å². The smallest absolute Gasteiger partial charge is 0.127 e. The van der Waals surface area contributed by atoms with Crippen LogP contribution >= 0.6 is 18.0 Å². The molecule has 0 radical (unpaired) electrons. The summed E-state index contributed by atoms with van der Waals surface area (Å²) in [4.78, 5) is 0. The maximum Gasteiger partial charge on any atom is 0.127 e. The fraction of sp³-hybridized carbons (Fsp3) is 0.111. The molecule has 33 heavy (non-hydrogen) atoms. The van der Waals surface area contributed by atoms with Crippen molar-refractivity contribution in [2.75, 3.05) is 13.1 Å². The van der Waals surface area contributed by atoms with Crippen molar-refractivity contribution < 1.29 is 9.63 Å². The quantitative estimate of drug-likeness (QED) is 0.472. The molecule has 3 aromatic carbocycles. The van der Waals surface area contributed by atoms with E-state index in [9.17, 15) is 5.11 Å². The van der Waals surface area contributed by atoms with E-state index < -0.39 is 0 Å².